The molecule has 140 valence electrons. The Bertz CT molecular complexity index is 928. The quantitative estimate of drug-likeness (QED) is 0.463. The Kier molecular flexibility index (Phi) is 5.83. The van der Waals surface area contributed by atoms with E-state index in [2.05, 4.69) is 10.3 Å². The van der Waals surface area contributed by atoms with Crippen LogP contribution in [0.4, 0.5) is 11.4 Å². The molecule has 1 heterocycles. The summed E-state index contributed by atoms with van der Waals surface area (Å²) in [6.07, 6.45) is 1.87. The number of aromatic hydroxyl groups is 1. The molecule has 0 spiro atoms. The Morgan fingerprint density at radius 2 is 1.96 bits per heavy atom. The number of nitro groups is 1. The fourth-order valence-electron chi connectivity index (χ4n) is 2.95. The molecular formula is C20H21N3O4. The second kappa shape index (κ2) is 8.46. The number of phenolic OH excluding ortho intramolecular Hbond substituents is 1. The summed E-state index contributed by atoms with van der Waals surface area (Å²) >= 11 is 0. The van der Waals surface area contributed by atoms with Crippen LogP contribution in [0.1, 0.15) is 12.5 Å². The van der Waals surface area contributed by atoms with Crippen molar-refractivity contribution in [3.63, 3.8) is 0 Å². The van der Waals surface area contributed by atoms with Gasteiger partial charge in [-0.2, -0.15) is 0 Å². The molecule has 0 saturated heterocycles. The summed E-state index contributed by atoms with van der Waals surface area (Å²) in [6.45, 7) is 2.85. The number of hydrogen-bond acceptors (Lipinski definition) is 6. The van der Waals surface area contributed by atoms with E-state index < -0.39 is 4.92 Å². The van der Waals surface area contributed by atoms with Crippen molar-refractivity contribution in [2.24, 2.45) is 0 Å². The maximum Gasteiger partial charge on any atom is 0.311 e. The fourth-order valence-corrected chi connectivity index (χ4v) is 2.95. The van der Waals surface area contributed by atoms with E-state index in [4.69, 9.17) is 4.74 Å². The van der Waals surface area contributed by atoms with E-state index >= 15 is 0 Å². The lowest BCUT2D eigenvalue weighted by Crippen LogP contribution is -2.28. The van der Waals surface area contributed by atoms with Crippen molar-refractivity contribution >= 4 is 22.3 Å². The van der Waals surface area contributed by atoms with Gasteiger partial charge in [-0.05, 0) is 37.1 Å². The Morgan fingerprint density at radius 3 is 2.67 bits per heavy atom. The van der Waals surface area contributed by atoms with Gasteiger partial charge in [-0.1, -0.05) is 30.3 Å². The summed E-state index contributed by atoms with van der Waals surface area (Å²) in [4.78, 5) is 15.3. The lowest BCUT2D eigenvalue weighted by Gasteiger charge is -2.21. The Hall–Kier alpha value is -3.19. The van der Waals surface area contributed by atoms with Crippen LogP contribution in [0.3, 0.4) is 0 Å². The first-order valence-electron chi connectivity index (χ1n) is 8.72. The lowest BCUT2D eigenvalue weighted by molar-refractivity contribution is -0.384. The van der Waals surface area contributed by atoms with E-state index in [1.54, 1.807) is 12.1 Å². The predicted octanol–water partition coefficient (Wildman–Crippen LogP) is 3.91. The standard InChI is InChI=1S/C20H21N3O4/c1-2-27-13-15(11-14-7-9-16(24)10-8-14)22-20-17-5-3-4-6-18(17)21-12-19(20)23(25)26/h3-10,12,15,24H,2,11,13H2,1H3,(H,21,22)/t15-/m0/s1. The summed E-state index contributed by atoms with van der Waals surface area (Å²) in [5, 5.41) is 25.0. The van der Waals surface area contributed by atoms with Crippen molar-refractivity contribution < 1.29 is 14.8 Å². The molecule has 0 fully saturated rings. The maximum absolute atomic E-state index is 11.5. The van der Waals surface area contributed by atoms with Gasteiger partial charge in [0.25, 0.3) is 0 Å². The van der Waals surface area contributed by atoms with Crippen LogP contribution in [-0.2, 0) is 11.2 Å². The molecule has 0 bridgehead atoms. The van der Waals surface area contributed by atoms with Crippen LogP contribution in [0.15, 0.2) is 54.7 Å². The number of nitrogens with zero attached hydrogens (tertiary/aromatic N) is 2. The molecule has 0 aliphatic carbocycles. The number of hydrogen-bond donors (Lipinski definition) is 2. The van der Waals surface area contributed by atoms with E-state index in [9.17, 15) is 15.2 Å². The number of aromatic nitrogens is 1. The SMILES string of the molecule is CCOC[C@H](Cc1ccc(O)cc1)Nc1c([N+](=O)[O-])cnc2ccccc12. The van der Waals surface area contributed by atoms with Gasteiger partial charge < -0.3 is 15.2 Å². The summed E-state index contributed by atoms with van der Waals surface area (Å²) in [5.74, 6) is 0.198. The maximum atomic E-state index is 11.5. The molecule has 0 unspecified atom stereocenters. The van der Waals surface area contributed by atoms with E-state index in [-0.39, 0.29) is 17.5 Å². The van der Waals surface area contributed by atoms with Crippen LogP contribution in [0, 0.1) is 10.1 Å². The first-order chi connectivity index (χ1) is 13.1. The monoisotopic (exact) mass is 367 g/mol. The number of para-hydroxylation sites is 1. The zero-order chi connectivity index (χ0) is 19.2. The molecule has 1 aromatic heterocycles. The zero-order valence-electron chi connectivity index (χ0n) is 15.0. The van der Waals surface area contributed by atoms with Crippen LogP contribution < -0.4 is 5.32 Å². The highest BCUT2D eigenvalue weighted by Gasteiger charge is 2.21. The number of phenols is 1. The van der Waals surface area contributed by atoms with Gasteiger partial charge in [0.2, 0.25) is 0 Å². The van der Waals surface area contributed by atoms with Crippen molar-refractivity contribution in [3.05, 3.63) is 70.4 Å². The minimum Gasteiger partial charge on any atom is -0.508 e. The highest BCUT2D eigenvalue weighted by Crippen LogP contribution is 2.32. The minimum atomic E-state index is -0.430. The van der Waals surface area contributed by atoms with Gasteiger partial charge in [0, 0.05) is 12.0 Å². The number of rotatable bonds is 8. The summed E-state index contributed by atoms with van der Waals surface area (Å²) < 4.78 is 5.58. The Balaban J connectivity index is 1.95. The molecule has 0 radical (unpaired) electrons. The van der Waals surface area contributed by atoms with Gasteiger partial charge in [-0.3, -0.25) is 10.1 Å². The first-order valence-corrected chi connectivity index (χ1v) is 8.72. The second-order valence-electron chi connectivity index (χ2n) is 6.16. The number of ether oxygens (including phenoxy) is 1. The van der Waals surface area contributed by atoms with Crippen molar-refractivity contribution in [1.29, 1.82) is 0 Å². The molecule has 27 heavy (non-hydrogen) atoms. The molecule has 2 N–H and O–H groups in total. The predicted molar refractivity (Wildman–Crippen MR) is 104 cm³/mol. The Morgan fingerprint density at radius 1 is 1.22 bits per heavy atom. The molecule has 0 aliphatic rings. The Labute approximate surface area is 156 Å². The van der Waals surface area contributed by atoms with Gasteiger partial charge >= 0.3 is 5.69 Å². The molecule has 0 saturated carbocycles. The van der Waals surface area contributed by atoms with E-state index in [0.717, 1.165) is 5.56 Å². The van der Waals surface area contributed by atoms with Crippen molar-refractivity contribution in [3.8, 4) is 5.75 Å². The molecule has 3 aromatic rings. The average Bonchev–Trinajstić information content (AvgIpc) is 2.67. The van der Waals surface area contributed by atoms with Crippen LogP contribution in [0.2, 0.25) is 0 Å². The molecular weight excluding hydrogens is 346 g/mol. The average molecular weight is 367 g/mol. The van der Waals surface area contributed by atoms with Crippen molar-refractivity contribution in [2.75, 3.05) is 18.5 Å². The summed E-state index contributed by atoms with van der Waals surface area (Å²) in [6, 6.07) is 14.0. The lowest BCUT2D eigenvalue weighted by atomic mass is 10.0. The zero-order valence-corrected chi connectivity index (χ0v) is 15.0. The third kappa shape index (κ3) is 4.51. The van der Waals surface area contributed by atoms with Crippen LogP contribution >= 0.6 is 0 Å². The normalized spacial score (nSPS) is 12.0. The smallest absolute Gasteiger partial charge is 0.311 e. The van der Waals surface area contributed by atoms with E-state index in [1.807, 2.05) is 43.3 Å². The molecule has 7 nitrogen and oxygen atoms in total. The number of fused-ring (bicyclic) bond motifs is 1. The van der Waals surface area contributed by atoms with Crippen molar-refractivity contribution in [1.82, 2.24) is 4.98 Å². The van der Waals surface area contributed by atoms with Crippen LogP contribution in [0.25, 0.3) is 10.9 Å². The third-order valence-corrected chi connectivity index (χ3v) is 4.24. The number of nitrogens with one attached hydrogen (secondary N) is 1. The van der Waals surface area contributed by atoms with E-state index in [1.165, 1.54) is 6.20 Å². The van der Waals surface area contributed by atoms with Crippen LogP contribution in [-0.4, -0.2) is 34.3 Å². The molecule has 3 rings (SSSR count). The molecule has 2 aromatic carbocycles. The first kappa shape index (κ1) is 18.6. The van der Waals surface area contributed by atoms with Gasteiger partial charge in [-0.25, -0.2) is 4.98 Å². The van der Waals surface area contributed by atoms with Gasteiger partial charge in [0.1, 0.15) is 17.6 Å². The molecule has 0 amide bonds. The molecule has 0 aliphatic heterocycles. The highest BCUT2D eigenvalue weighted by atomic mass is 16.6. The molecule has 1 atom stereocenters. The largest absolute Gasteiger partial charge is 0.508 e. The second-order valence-corrected chi connectivity index (χ2v) is 6.16. The fraction of sp³-hybridized carbons (Fsp3) is 0.250. The van der Waals surface area contributed by atoms with Crippen LogP contribution in [0.5, 0.6) is 5.75 Å². The summed E-state index contributed by atoms with van der Waals surface area (Å²) in [7, 11) is 0. The number of anilines is 1. The third-order valence-electron chi connectivity index (χ3n) is 4.24. The van der Waals surface area contributed by atoms with E-state index in [0.29, 0.717) is 36.2 Å². The van der Waals surface area contributed by atoms with Gasteiger partial charge in [0.15, 0.2) is 0 Å². The van der Waals surface area contributed by atoms with Gasteiger partial charge in [-0.15, -0.1) is 0 Å². The van der Waals surface area contributed by atoms with Gasteiger partial charge in [0.05, 0.1) is 23.1 Å². The highest BCUT2D eigenvalue weighted by molar-refractivity contribution is 5.95. The number of benzene rings is 2. The molecule has 7 heteroatoms. The topological polar surface area (TPSA) is 97.5 Å². The minimum absolute atomic E-state index is 0.0686. The summed E-state index contributed by atoms with van der Waals surface area (Å²) in [5.41, 5.74) is 2.05. The van der Waals surface area contributed by atoms with Crippen molar-refractivity contribution in [2.45, 2.75) is 19.4 Å². The number of pyridine rings is 1.